The largest absolute Gasteiger partial charge is 0.314 e. The topological polar surface area (TPSA) is 29.1 Å². The van der Waals surface area contributed by atoms with Crippen molar-refractivity contribution < 1.29 is 8.60 Å². The molecule has 0 spiro atoms. The minimum absolute atomic E-state index is 0.0805. The lowest BCUT2D eigenvalue weighted by Gasteiger charge is -2.26. The number of hydrogen-bond acceptors (Lipinski definition) is 2. The standard InChI is InChI=1S/C9H10FNOS/c10-8-3-1-2-4-9(8)13(12)7-5-11-6-7/h1-4,7,11H,5-6H2. The molecule has 1 aliphatic rings. The van der Waals surface area contributed by atoms with E-state index < -0.39 is 10.8 Å². The molecule has 1 aliphatic heterocycles. The lowest BCUT2D eigenvalue weighted by Crippen LogP contribution is -2.49. The van der Waals surface area contributed by atoms with Gasteiger partial charge in [0.05, 0.1) is 20.9 Å². The van der Waals surface area contributed by atoms with Gasteiger partial charge in [0.2, 0.25) is 0 Å². The number of benzene rings is 1. The fourth-order valence-corrected chi connectivity index (χ4v) is 2.57. The van der Waals surface area contributed by atoms with Gasteiger partial charge in [-0.1, -0.05) is 12.1 Å². The summed E-state index contributed by atoms with van der Waals surface area (Å²) < 4.78 is 24.8. The first kappa shape index (κ1) is 8.84. The third-order valence-electron chi connectivity index (χ3n) is 2.10. The van der Waals surface area contributed by atoms with E-state index in [0.29, 0.717) is 4.90 Å². The van der Waals surface area contributed by atoms with E-state index in [9.17, 15) is 8.60 Å². The first-order chi connectivity index (χ1) is 6.29. The Balaban J connectivity index is 2.24. The molecule has 0 aliphatic carbocycles. The van der Waals surface area contributed by atoms with Crippen LogP contribution in [0.15, 0.2) is 29.2 Å². The molecule has 4 heteroatoms. The van der Waals surface area contributed by atoms with Gasteiger partial charge in [-0.15, -0.1) is 0 Å². The highest BCUT2D eigenvalue weighted by Gasteiger charge is 2.26. The average Bonchev–Trinajstić information content (AvgIpc) is 2.01. The molecule has 13 heavy (non-hydrogen) atoms. The lowest BCUT2D eigenvalue weighted by molar-refractivity contribution is 0.521. The van der Waals surface area contributed by atoms with Crippen LogP contribution in [0.5, 0.6) is 0 Å². The molecule has 2 rings (SSSR count). The third kappa shape index (κ3) is 1.64. The van der Waals surface area contributed by atoms with Gasteiger partial charge < -0.3 is 5.32 Å². The Morgan fingerprint density at radius 2 is 2.08 bits per heavy atom. The smallest absolute Gasteiger partial charge is 0.139 e. The van der Waals surface area contributed by atoms with E-state index in [4.69, 9.17) is 0 Å². The van der Waals surface area contributed by atoms with Crippen LogP contribution in [-0.2, 0) is 10.8 Å². The monoisotopic (exact) mass is 199 g/mol. The summed E-state index contributed by atoms with van der Waals surface area (Å²) in [6.07, 6.45) is 0. The lowest BCUT2D eigenvalue weighted by atomic mass is 10.3. The zero-order valence-electron chi connectivity index (χ0n) is 7.00. The van der Waals surface area contributed by atoms with Crippen molar-refractivity contribution in [3.63, 3.8) is 0 Å². The molecule has 2 nitrogen and oxygen atoms in total. The maximum absolute atomic E-state index is 13.1. The Morgan fingerprint density at radius 1 is 1.38 bits per heavy atom. The second kappa shape index (κ2) is 3.55. The van der Waals surface area contributed by atoms with Gasteiger partial charge >= 0.3 is 0 Å². The highest BCUT2D eigenvalue weighted by atomic mass is 32.2. The zero-order valence-corrected chi connectivity index (χ0v) is 7.81. The highest BCUT2D eigenvalue weighted by Crippen LogP contribution is 2.17. The van der Waals surface area contributed by atoms with E-state index in [1.54, 1.807) is 18.2 Å². The fraction of sp³-hybridized carbons (Fsp3) is 0.333. The van der Waals surface area contributed by atoms with E-state index >= 15 is 0 Å². The molecule has 1 heterocycles. The molecule has 0 amide bonds. The molecule has 1 atom stereocenters. The van der Waals surface area contributed by atoms with E-state index in [1.165, 1.54) is 6.07 Å². The van der Waals surface area contributed by atoms with Crippen LogP contribution in [0, 0.1) is 5.82 Å². The molecule has 70 valence electrons. The van der Waals surface area contributed by atoms with Gasteiger partial charge in [0, 0.05) is 13.1 Å². The quantitative estimate of drug-likeness (QED) is 0.767. The maximum atomic E-state index is 13.1. The van der Waals surface area contributed by atoms with Crippen molar-refractivity contribution >= 4 is 10.8 Å². The van der Waals surface area contributed by atoms with Crippen LogP contribution in [0.4, 0.5) is 4.39 Å². The van der Waals surface area contributed by atoms with Crippen molar-refractivity contribution in [1.82, 2.24) is 5.32 Å². The highest BCUT2D eigenvalue weighted by molar-refractivity contribution is 7.85. The average molecular weight is 199 g/mol. The summed E-state index contributed by atoms with van der Waals surface area (Å²) in [5.74, 6) is -0.368. The number of halogens is 1. The molecule has 0 bridgehead atoms. The van der Waals surface area contributed by atoms with Gasteiger partial charge in [-0.05, 0) is 12.1 Å². The zero-order chi connectivity index (χ0) is 9.26. The Bertz CT molecular complexity index is 338. The van der Waals surface area contributed by atoms with E-state index in [2.05, 4.69) is 5.32 Å². The fourth-order valence-electron chi connectivity index (χ4n) is 1.20. The second-order valence-corrected chi connectivity index (χ2v) is 4.71. The van der Waals surface area contributed by atoms with Crippen LogP contribution in [0.2, 0.25) is 0 Å². The predicted octanol–water partition coefficient (Wildman–Crippen LogP) is 0.905. The summed E-state index contributed by atoms with van der Waals surface area (Å²) >= 11 is 0. The van der Waals surface area contributed by atoms with Gasteiger partial charge in [-0.3, -0.25) is 4.21 Å². The molecule has 1 unspecified atom stereocenters. The summed E-state index contributed by atoms with van der Waals surface area (Å²) in [4.78, 5) is 0.328. The van der Waals surface area contributed by atoms with Gasteiger partial charge in [-0.2, -0.15) is 0 Å². The minimum Gasteiger partial charge on any atom is -0.314 e. The van der Waals surface area contributed by atoms with E-state index in [-0.39, 0.29) is 11.1 Å². The number of rotatable bonds is 2. The third-order valence-corrected chi connectivity index (χ3v) is 3.80. The van der Waals surface area contributed by atoms with E-state index in [0.717, 1.165) is 13.1 Å². The SMILES string of the molecule is O=S(c1ccccc1F)C1CNC1. The molecule has 0 aromatic heterocycles. The molecular formula is C9H10FNOS. The first-order valence-electron chi connectivity index (χ1n) is 4.15. The Labute approximate surface area is 78.6 Å². The van der Waals surface area contributed by atoms with Crippen molar-refractivity contribution in [2.24, 2.45) is 0 Å². The Morgan fingerprint density at radius 3 is 2.62 bits per heavy atom. The van der Waals surface area contributed by atoms with Crippen molar-refractivity contribution in [2.45, 2.75) is 10.1 Å². The molecule has 0 saturated carbocycles. The Kier molecular flexibility index (Phi) is 2.42. The molecule has 1 saturated heterocycles. The van der Waals surface area contributed by atoms with E-state index in [1.807, 2.05) is 0 Å². The maximum Gasteiger partial charge on any atom is 0.139 e. The van der Waals surface area contributed by atoms with Gasteiger partial charge in [-0.25, -0.2) is 4.39 Å². The van der Waals surface area contributed by atoms with Crippen molar-refractivity contribution in [3.05, 3.63) is 30.1 Å². The summed E-state index contributed by atoms with van der Waals surface area (Å²) in [5.41, 5.74) is 0. The van der Waals surface area contributed by atoms with Crippen LogP contribution in [0.25, 0.3) is 0 Å². The minimum atomic E-state index is -1.19. The van der Waals surface area contributed by atoms with Crippen LogP contribution in [0.3, 0.4) is 0 Å². The normalized spacial score (nSPS) is 19.5. The molecule has 1 N–H and O–H groups in total. The molecule has 1 fully saturated rings. The van der Waals surface area contributed by atoms with Gasteiger partial charge in [0.1, 0.15) is 5.82 Å². The summed E-state index contributed by atoms with van der Waals surface area (Å²) in [7, 11) is -1.19. The van der Waals surface area contributed by atoms with Gasteiger partial charge in [0.15, 0.2) is 0 Å². The summed E-state index contributed by atoms with van der Waals surface area (Å²) in [5, 5.41) is 3.10. The second-order valence-electron chi connectivity index (χ2n) is 3.01. The van der Waals surface area contributed by atoms with Crippen molar-refractivity contribution in [1.29, 1.82) is 0 Å². The number of hydrogen-bond donors (Lipinski definition) is 1. The Hall–Kier alpha value is -0.740. The van der Waals surface area contributed by atoms with Crippen LogP contribution >= 0.6 is 0 Å². The van der Waals surface area contributed by atoms with Crippen LogP contribution in [0.1, 0.15) is 0 Å². The van der Waals surface area contributed by atoms with Gasteiger partial charge in [0.25, 0.3) is 0 Å². The van der Waals surface area contributed by atoms with Crippen LogP contribution < -0.4 is 5.32 Å². The summed E-state index contributed by atoms with van der Waals surface area (Å²) in [6.45, 7) is 1.45. The van der Waals surface area contributed by atoms with Crippen molar-refractivity contribution in [3.8, 4) is 0 Å². The molecular weight excluding hydrogens is 189 g/mol. The molecule has 0 radical (unpaired) electrons. The molecule has 1 aromatic carbocycles. The first-order valence-corrected chi connectivity index (χ1v) is 5.36. The number of nitrogens with one attached hydrogen (secondary N) is 1. The summed E-state index contributed by atoms with van der Waals surface area (Å²) in [6, 6.07) is 6.25. The predicted molar refractivity (Wildman–Crippen MR) is 49.5 cm³/mol. The van der Waals surface area contributed by atoms with Crippen LogP contribution in [-0.4, -0.2) is 22.5 Å². The molecule has 1 aromatic rings. The van der Waals surface area contributed by atoms with Crippen molar-refractivity contribution in [2.75, 3.05) is 13.1 Å².